The van der Waals surface area contributed by atoms with Crippen molar-refractivity contribution in [3.05, 3.63) is 166 Å². The van der Waals surface area contributed by atoms with Crippen LogP contribution in [-0.4, -0.2) is 0 Å². The van der Waals surface area contributed by atoms with Gasteiger partial charge in [0.05, 0.1) is 0 Å². The molecule has 8 rings (SSSR count). The molecule has 0 amide bonds. The molecule has 1 aliphatic rings. The van der Waals surface area contributed by atoms with E-state index >= 15 is 0 Å². The topological polar surface area (TPSA) is 26.3 Å². The highest BCUT2D eigenvalue weighted by molar-refractivity contribution is 7.24. The minimum absolute atomic E-state index is 0.0914. The van der Waals surface area contributed by atoms with Gasteiger partial charge < -0.3 is 4.74 Å². The summed E-state index contributed by atoms with van der Waals surface area (Å²) in [5.41, 5.74) is 4.77. The predicted molar refractivity (Wildman–Crippen MR) is 172 cm³/mol. The fourth-order valence-corrected chi connectivity index (χ4v) is 7.07. The molecule has 0 spiro atoms. The molecule has 0 fully saturated rings. The van der Waals surface area contributed by atoms with E-state index in [9.17, 15) is 4.79 Å². The molecule has 1 aliphatic heterocycles. The van der Waals surface area contributed by atoms with Crippen LogP contribution in [0.1, 0.15) is 16.7 Å². The Balaban J connectivity index is 1.23. The van der Waals surface area contributed by atoms with Gasteiger partial charge in [-0.25, -0.2) is 0 Å². The second kappa shape index (κ2) is 9.29. The molecule has 0 radical (unpaired) electrons. The summed E-state index contributed by atoms with van der Waals surface area (Å²) in [6.07, 6.45) is 4.38. The Hall–Kier alpha value is -4.99. The van der Waals surface area contributed by atoms with Gasteiger partial charge in [-0.3, -0.25) is 4.79 Å². The van der Waals surface area contributed by atoms with Crippen molar-refractivity contribution >= 4 is 48.4 Å². The lowest BCUT2D eigenvalue weighted by atomic mass is 9.83. The molecule has 7 aromatic rings. The molecule has 0 saturated heterocycles. The molecule has 0 bridgehead atoms. The number of hydrogen-bond acceptors (Lipinski definition) is 3. The summed E-state index contributed by atoms with van der Waals surface area (Å²) in [4.78, 5) is 13.3. The number of ether oxygens (including phenoxy) is 1. The van der Waals surface area contributed by atoms with Crippen LogP contribution in [0, 0.1) is 0 Å². The maximum atomic E-state index is 13.3. The first-order valence-electron chi connectivity index (χ1n) is 13.7. The molecule has 194 valence electrons. The van der Waals surface area contributed by atoms with Crippen LogP contribution in [0.2, 0.25) is 0 Å². The van der Waals surface area contributed by atoms with Gasteiger partial charge in [-0.2, -0.15) is 0 Å². The average Bonchev–Trinajstić information content (AvgIpc) is 3.05. The maximum absolute atomic E-state index is 13.3. The smallest absolute Gasteiger partial charge is 0.195 e. The van der Waals surface area contributed by atoms with Crippen molar-refractivity contribution < 1.29 is 4.74 Å². The van der Waals surface area contributed by atoms with E-state index in [0.29, 0.717) is 0 Å². The van der Waals surface area contributed by atoms with E-state index in [4.69, 9.17) is 4.74 Å². The van der Waals surface area contributed by atoms with Crippen LogP contribution in [0.15, 0.2) is 144 Å². The molecule has 6 aromatic carbocycles. The minimum atomic E-state index is -0.699. The zero-order valence-corrected chi connectivity index (χ0v) is 22.9. The summed E-state index contributed by atoms with van der Waals surface area (Å²) in [6, 6.07) is 45.6. The van der Waals surface area contributed by atoms with Crippen LogP contribution in [0.4, 0.5) is 0 Å². The number of hydrogen-bond donors (Lipinski definition) is 0. The third-order valence-corrected chi connectivity index (χ3v) is 9.24. The van der Waals surface area contributed by atoms with Gasteiger partial charge in [0.2, 0.25) is 0 Å². The lowest BCUT2D eigenvalue weighted by molar-refractivity contribution is 0.161. The van der Waals surface area contributed by atoms with Crippen LogP contribution >= 0.6 is 11.3 Å². The molecule has 0 atom stereocenters. The molecule has 2 heterocycles. The highest BCUT2D eigenvalue weighted by Gasteiger charge is 2.37. The molecular formula is C38H24O2S. The standard InChI is InChI=1S/C38H24O2S/c39-37-32-13-7-8-14-35(32)41-36-20-17-26(24-33(36)37)25-15-18-30-27(23-25)16-19-34-31(30)21-22-38(40-34,28-9-3-1-4-10-28)29-11-5-2-6-12-29/h1-24H. The molecule has 1 aromatic heterocycles. The Morgan fingerprint density at radius 3 is 2.00 bits per heavy atom. The molecular weight excluding hydrogens is 520 g/mol. The van der Waals surface area contributed by atoms with Crippen molar-refractivity contribution in [1.82, 2.24) is 0 Å². The highest BCUT2D eigenvalue weighted by Crippen LogP contribution is 2.44. The second-order valence-corrected chi connectivity index (χ2v) is 11.5. The summed E-state index contributed by atoms with van der Waals surface area (Å²) in [6.45, 7) is 0. The number of fused-ring (bicyclic) bond motifs is 5. The fourth-order valence-electron chi connectivity index (χ4n) is 6.01. The van der Waals surface area contributed by atoms with Crippen molar-refractivity contribution in [3.63, 3.8) is 0 Å². The summed E-state index contributed by atoms with van der Waals surface area (Å²) in [5, 5.41) is 3.81. The summed E-state index contributed by atoms with van der Waals surface area (Å²) < 4.78 is 8.92. The Morgan fingerprint density at radius 1 is 0.561 bits per heavy atom. The number of rotatable bonds is 3. The van der Waals surface area contributed by atoms with Gasteiger partial charge in [0.15, 0.2) is 11.0 Å². The van der Waals surface area contributed by atoms with E-state index in [1.807, 2.05) is 42.5 Å². The molecule has 0 unspecified atom stereocenters. The number of benzene rings is 6. The highest BCUT2D eigenvalue weighted by atomic mass is 32.1. The van der Waals surface area contributed by atoms with Crippen LogP contribution in [0.25, 0.3) is 48.1 Å². The Bertz CT molecular complexity index is 2150. The zero-order valence-electron chi connectivity index (χ0n) is 22.1. The van der Waals surface area contributed by atoms with Gasteiger partial charge in [0.1, 0.15) is 5.75 Å². The average molecular weight is 545 g/mol. The van der Waals surface area contributed by atoms with E-state index in [1.54, 1.807) is 11.3 Å². The Kier molecular flexibility index (Phi) is 5.41. The van der Waals surface area contributed by atoms with Crippen molar-refractivity contribution in [3.8, 4) is 16.9 Å². The minimum Gasteiger partial charge on any atom is -0.473 e. The third-order valence-electron chi connectivity index (χ3n) is 8.09. The fraction of sp³-hybridized carbons (Fsp3) is 0.0263. The Labute approximate surface area is 241 Å². The van der Waals surface area contributed by atoms with Gasteiger partial charge in [0, 0.05) is 36.9 Å². The zero-order chi connectivity index (χ0) is 27.4. The lowest BCUT2D eigenvalue weighted by Crippen LogP contribution is -2.34. The monoisotopic (exact) mass is 544 g/mol. The van der Waals surface area contributed by atoms with Crippen molar-refractivity contribution in [2.24, 2.45) is 0 Å². The van der Waals surface area contributed by atoms with Crippen molar-refractivity contribution in [2.45, 2.75) is 5.60 Å². The second-order valence-electron chi connectivity index (χ2n) is 10.5. The van der Waals surface area contributed by atoms with Gasteiger partial charge in [-0.1, -0.05) is 97.1 Å². The summed E-state index contributed by atoms with van der Waals surface area (Å²) in [7, 11) is 0. The summed E-state index contributed by atoms with van der Waals surface area (Å²) in [5.74, 6) is 0.857. The Morgan fingerprint density at radius 2 is 1.22 bits per heavy atom. The SMILES string of the molecule is O=c1c2ccccc2sc2ccc(-c3ccc4c5c(ccc4c3)OC(c3ccccc3)(c3ccccc3)C=C5)cc12. The molecule has 41 heavy (non-hydrogen) atoms. The normalized spacial score (nSPS) is 13.8. The lowest BCUT2D eigenvalue weighted by Gasteiger charge is -2.36. The van der Waals surface area contributed by atoms with Gasteiger partial charge >= 0.3 is 0 Å². The van der Waals surface area contributed by atoms with Crippen LogP contribution in [0.5, 0.6) is 5.75 Å². The van der Waals surface area contributed by atoms with Crippen LogP contribution in [0.3, 0.4) is 0 Å². The van der Waals surface area contributed by atoms with Gasteiger partial charge in [0.25, 0.3) is 0 Å². The van der Waals surface area contributed by atoms with Crippen LogP contribution in [-0.2, 0) is 5.60 Å². The van der Waals surface area contributed by atoms with Crippen LogP contribution < -0.4 is 10.2 Å². The molecule has 0 aliphatic carbocycles. The first-order chi connectivity index (χ1) is 20.2. The quantitative estimate of drug-likeness (QED) is 0.207. The largest absolute Gasteiger partial charge is 0.473 e. The molecule has 3 heteroatoms. The van der Waals surface area contributed by atoms with Crippen molar-refractivity contribution in [1.29, 1.82) is 0 Å². The first kappa shape index (κ1) is 23.9. The molecule has 0 N–H and O–H groups in total. The van der Waals surface area contributed by atoms with E-state index < -0.39 is 5.60 Å². The molecule has 0 saturated carbocycles. The third kappa shape index (κ3) is 3.81. The van der Waals surface area contributed by atoms with E-state index in [-0.39, 0.29) is 5.43 Å². The predicted octanol–water partition coefficient (Wildman–Crippen LogP) is 9.58. The summed E-state index contributed by atoms with van der Waals surface area (Å²) >= 11 is 1.66. The first-order valence-corrected chi connectivity index (χ1v) is 14.5. The van der Waals surface area contributed by atoms with Crippen molar-refractivity contribution in [2.75, 3.05) is 0 Å². The van der Waals surface area contributed by atoms with E-state index in [0.717, 1.165) is 64.5 Å². The van der Waals surface area contributed by atoms with E-state index in [1.165, 1.54) is 0 Å². The van der Waals surface area contributed by atoms with Gasteiger partial charge in [-0.05, 0) is 70.4 Å². The molecule has 2 nitrogen and oxygen atoms in total. The maximum Gasteiger partial charge on any atom is 0.195 e. The van der Waals surface area contributed by atoms with E-state index in [2.05, 4.69) is 103 Å². The van der Waals surface area contributed by atoms with Gasteiger partial charge in [-0.15, -0.1) is 11.3 Å².